The molecule has 1 saturated heterocycles. The minimum Gasteiger partial charge on any atom is -0.353 e. The molecule has 1 aliphatic rings. The van der Waals surface area contributed by atoms with E-state index in [1.54, 1.807) is 11.8 Å². The topological polar surface area (TPSA) is 41.1 Å². The van der Waals surface area contributed by atoms with E-state index in [2.05, 4.69) is 21.3 Å². The second-order valence-corrected chi connectivity index (χ2v) is 6.30. The van der Waals surface area contributed by atoms with Crippen molar-refractivity contribution in [3.05, 3.63) is 47.2 Å². The van der Waals surface area contributed by atoms with Crippen LogP contribution in [0.25, 0.3) is 0 Å². The number of rotatable bonds is 4. The Bertz CT molecular complexity index is 602. The summed E-state index contributed by atoms with van der Waals surface area (Å²) in [5.74, 6) is 1.81. The zero-order valence-corrected chi connectivity index (χ0v) is 13.2. The van der Waals surface area contributed by atoms with Crippen LogP contribution in [0.2, 0.25) is 5.02 Å². The van der Waals surface area contributed by atoms with Gasteiger partial charge in [0.15, 0.2) is 0 Å². The minimum absolute atomic E-state index is 0.772. The number of thioether (sulfide) groups is 1. The van der Waals surface area contributed by atoms with Crippen molar-refractivity contribution in [2.75, 3.05) is 31.1 Å². The number of nitrogens with one attached hydrogen (secondary N) is 1. The van der Waals surface area contributed by atoms with Crippen molar-refractivity contribution in [2.45, 2.75) is 10.8 Å². The van der Waals surface area contributed by atoms with Crippen molar-refractivity contribution in [1.29, 1.82) is 0 Å². The zero-order chi connectivity index (χ0) is 14.5. The molecule has 0 spiro atoms. The Morgan fingerprint density at radius 1 is 1.24 bits per heavy atom. The van der Waals surface area contributed by atoms with E-state index in [0.717, 1.165) is 47.8 Å². The number of aromatic nitrogens is 2. The summed E-state index contributed by atoms with van der Waals surface area (Å²) in [5, 5.41) is 5.07. The summed E-state index contributed by atoms with van der Waals surface area (Å²) in [7, 11) is 0. The van der Waals surface area contributed by atoms with Gasteiger partial charge in [0.1, 0.15) is 10.8 Å². The van der Waals surface area contributed by atoms with Gasteiger partial charge in [0, 0.05) is 37.0 Å². The largest absolute Gasteiger partial charge is 0.353 e. The van der Waals surface area contributed by atoms with Crippen LogP contribution < -0.4 is 10.2 Å². The van der Waals surface area contributed by atoms with E-state index in [-0.39, 0.29) is 0 Å². The lowest BCUT2D eigenvalue weighted by Gasteiger charge is -2.28. The van der Waals surface area contributed by atoms with E-state index in [1.165, 1.54) is 5.56 Å². The van der Waals surface area contributed by atoms with Gasteiger partial charge in [-0.05, 0) is 17.7 Å². The lowest BCUT2D eigenvalue weighted by Crippen LogP contribution is -2.43. The number of hydrogen-bond donors (Lipinski definition) is 1. The van der Waals surface area contributed by atoms with Crippen LogP contribution in [0.4, 0.5) is 5.82 Å². The van der Waals surface area contributed by atoms with Gasteiger partial charge in [0.05, 0.1) is 12.4 Å². The van der Waals surface area contributed by atoms with Crippen LogP contribution in [0.1, 0.15) is 5.56 Å². The molecule has 2 heterocycles. The number of halogens is 1. The Balaban J connectivity index is 1.65. The van der Waals surface area contributed by atoms with Gasteiger partial charge < -0.3 is 10.2 Å². The first-order valence-electron chi connectivity index (χ1n) is 6.96. The van der Waals surface area contributed by atoms with Gasteiger partial charge in [-0.15, -0.1) is 11.8 Å². The molecule has 1 aromatic heterocycles. The van der Waals surface area contributed by atoms with Gasteiger partial charge in [-0.2, -0.15) is 0 Å². The standard InChI is InChI=1S/C15H17ClN4S/c16-13-3-1-2-12(8-13)11-21-15-10-18-9-14(19-15)20-6-4-17-5-7-20/h1-3,8-10,17H,4-7,11H2. The van der Waals surface area contributed by atoms with Gasteiger partial charge in [0.25, 0.3) is 0 Å². The lowest BCUT2D eigenvalue weighted by atomic mass is 10.2. The molecule has 0 saturated carbocycles. The predicted octanol–water partition coefficient (Wildman–Crippen LogP) is 2.83. The molecule has 0 unspecified atom stereocenters. The van der Waals surface area contributed by atoms with E-state index < -0.39 is 0 Å². The van der Waals surface area contributed by atoms with Gasteiger partial charge in [-0.25, -0.2) is 4.98 Å². The van der Waals surface area contributed by atoms with Crippen molar-refractivity contribution in [3.8, 4) is 0 Å². The first kappa shape index (κ1) is 14.6. The molecule has 1 aliphatic heterocycles. The summed E-state index contributed by atoms with van der Waals surface area (Å²) in [6, 6.07) is 7.93. The van der Waals surface area contributed by atoms with Gasteiger partial charge >= 0.3 is 0 Å². The highest BCUT2D eigenvalue weighted by atomic mass is 35.5. The third kappa shape index (κ3) is 4.09. The van der Waals surface area contributed by atoms with Crippen molar-refractivity contribution in [2.24, 2.45) is 0 Å². The smallest absolute Gasteiger partial charge is 0.148 e. The van der Waals surface area contributed by atoms with E-state index in [1.807, 2.05) is 30.6 Å². The molecule has 6 heteroatoms. The summed E-state index contributed by atoms with van der Waals surface area (Å²) < 4.78 is 0. The fourth-order valence-electron chi connectivity index (χ4n) is 2.24. The molecule has 0 amide bonds. The molecule has 0 radical (unpaired) electrons. The Kier molecular flexibility index (Phi) is 4.95. The average Bonchev–Trinajstić information content (AvgIpc) is 2.54. The highest BCUT2D eigenvalue weighted by molar-refractivity contribution is 7.98. The summed E-state index contributed by atoms with van der Waals surface area (Å²) in [6.45, 7) is 3.97. The van der Waals surface area contributed by atoms with Crippen molar-refractivity contribution < 1.29 is 0 Å². The Labute approximate surface area is 133 Å². The molecule has 0 bridgehead atoms. The first-order valence-corrected chi connectivity index (χ1v) is 8.32. The van der Waals surface area contributed by atoms with Crippen molar-refractivity contribution >= 4 is 29.2 Å². The first-order chi connectivity index (χ1) is 10.3. The quantitative estimate of drug-likeness (QED) is 0.877. The Hall–Kier alpha value is -1.30. The van der Waals surface area contributed by atoms with Gasteiger partial charge in [-0.3, -0.25) is 4.98 Å². The van der Waals surface area contributed by atoms with Crippen LogP contribution in [0.5, 0.6) is 0 Å². The number of hydrogen-bond acceptors (Lipinski definition) is 5. The van der Waals surface area contributed by atoms with Crippen LogP contribution in [0.3, 0.4) is 0 Å². The number of benzene rings is 1. The minimum atomic E-state index is 0.772. The fraction of sp³-hybridized carbons (Fsp3) is 0.333. The van der Waals surface area contributed by atoms with Crippen molar-refractivity contribution in [3.63, 3.8) is 0 Å². The maximum Gasteiger partial charge on any atom is 0.148 e. The molecular formula is C15H17ClN4S. The summed E-state index contributed by atoms with van der Waals surface area (Å²) in [4.78, 5) is 11.3. The summed E-state index contributed by atoms with van der Waals surface area (Å²) in [5.41, 5.74) is 1.20. The molecule has 4 nitrogen and oxygen atoms in total. The molecule has 3 rings (SSSR count). The molecule has 1 N–H and O–H groups in total. The van der Waals surface area contributed by atoms with Crippen LogP contribution in [0, 0.1) is 0 Å². The van der Waals surface area contributed by atoms with Gasteiger partial charge in [-0.1, -0.05) is 23.7 Å². The Morgan fingerprint density at radius 3 is 2.90 bits per heavy atom. The maximum absolute atomic E-state index is 6.00. The number of piperazine rings is 1. The molecule has 1 fully saturated rings. The van der Waals surface area contributed by atoms with Crippen LogP contribution in [0.15, 0.2) is 41.7 Å². The Morgan fingerprint density at radius 2 is 2.10 bits per heavy atom. The third-order valence-electron chi connectivity index (χ3n) is 3.32. The van der Waals surface area contributed by atoms with Crippen molar-refractivity contribution in [1.82, 2.24) is 15.3 Å². The second-order valence-electron chi connectivity index (χ2n) is 4.87. The highest BCUT2D eigenvalue weighted by Gasteiger charge is 2.12. The normalized spacial score (nSPS) is 15.2. The van der Waals surface area contributed by atoms with Crippen LogP contribution >= 0.6 is 23.4 Å². The maximum atomic E-state index is 6.00. The monoisotopic (exact) mass is 320 g/mol. The van der Waals surface area contributed by atoms with Crippen LogP contribution in [-0.4, -0.2) is 36.1 Å². The molecule has 110 valence electrons. The zero-order valence-electron chi connectivity index (χ0n) is 11.6. The van der Waals surface area contributed by atoms with E-state index in [0.29, 0.717) is 0 Å². The molecule has 2 aromatic rings. The third-order valence-corrected chi connectivity index (χ3v) is 4.52. The van der Waals surface area contributed by atoms with E-state index in [4.69, 9.17) is 16.6 Å². The molecule has 0 atom stereocenters. The van der Waals surface area contributed by atoms with Gasteiger partial charge in [0.2, 0.25) is 0 Å². The average molecular weight is 321 g/mol. The SMILES string of the molecule is Clc1cccc(CSc2cncc(N3CCNCC3)n2)c1. The summed E-state index contributed by atoms with van der Waals surface area (Å²) in [6.07, 6.45) is 3.66. The predicted molar refractivity (Wildman–Crippen MR) is 88.1 cm³/mol. The fourth-order valence-corrected chi connectivity index (χ4v) is 3.24. The number of anilines is 1. The molecular weight excluding hydrogens is 304 g/mol. The van der Waals surface area contributed by atoms with E-state index in [9.17, 15) is 0 Å². The lowest BCUT2D eigenvalue weighted by molar-refractivity contribution is 0.583. The second kappa shape index (κ2) is 7.11. The molecule has 21 heavy (non-hydrogen) atoms. The van der Waals surface area contributed by atoms with E-state index >= 15 is 0 Å². The number of nitrogens with zero attached hydrogens (tertiary/aromatic N) is 3. The van der Waals surface area contributed by atoms with Crippen LogP contribution in [-0.2, 0) is 5.75 Å². The molecule has 1 aromatic carbocycles. The summed E-state index contributed by atoms with van der Waals surface area (Å²) >= 11 is 7.69. The molecule has 0 aliphatic carbocycles. The highest BCUT2D eigenvalue weighted by Crippen LogP contribution is 2.23.